The van der Waals surface area contributed by atoms with Crippen LogP contribution in [-0.2, 0) is 4.74 Å². The van der Waals surface area contributed by atoms with Gasteiger partial charge >= 0.3 is 0 Å². The monoisotopic (exact) mass is 455 g/mol. The Balaban J connectivity index is 1.45. The summed E-state index contributed by atoms with van der Waals surface area (Å²) in [5.41, 5.74) is 1.04. The van der Waals surface area contributed by atoms with Gasteiger partial charge in [-0.1, -0.05) is 11.6 Å². The molecule has 0 aliphatic carbocycles. The molecule has 2 aromatic rings. The highest BCUT2D eigenvalue weighted by Gasteiger charge is 2.49. The van der Waals surface area contributed by atoms with Crippen LogP contribution >= 0.6 is 11.6 Å². The van der Waals surface area contributed by atoms with Gasteiger partial charge in [-0.25, -0.2) is 13.8 Å². The van der Waals surface area contributed by atoms with E-state index in [1.165, 1.54) is 10.9 Å². The smallest absolute Gasteiger partial charge is 0.282 e. The zero-order valence-corrected chi connectivity index (χ0v) is 17.8. The molecule has 9 nitrogen and oxygen atoms in total. The minimum absolute atomic E-state index is 0.0806. The highest BCUT2D eigenvalue weighted by atomic mass is 35.5. The molecule has 2 saturated heterocycles. The van der Waals surface area contributed by atoms with Crippen molar-refractivity contribution in [1.82, 2.24) is 24.6 Å². The number of nitrogens with one attached hydrogen (secondary N) is 2. The fourth-order valence-corrected chi connectivity index (χ4v) is 4.31. The highest BCUT2D eigenvalue weighted by Crippen LogP contribution is 2.41. The maximum Gasteiger partial charge on any atom is 0.282 e. The summed E-state index contributed by atoms with van der Waals surface area (Å²) in [5.74, 6) is -1.87. The first-order valence-corrected chi connectivity index (χ1v) is 10.7. The topological polar surface area (TPSA) is 89.4 Å². The molecule has 0 spiro atoms. The summed E-state index contributed by atoms with van der Waals surface area (Å²) in [7, 11) is 0. The Hall–Kier alpha value is -2.24. The van der Waals surface area contributed by atoms with Crippen LogP contribution in [0.3, 0.4) is 0 Å². The molecule has 0 amide bonds. The lowest BCUT2D eigenvalue weighted by atomic mass is 9.98. The maximum absolute atomic E-state index is 15.2. The number of hydrogen-bond acceptors (Lipinski definition) is 8. The highest BCUT2D eigenvalue weighted by molar-refractivity contribution is 6.32. The second kappa shape index (κ2) is 8.03. The fraction of sp³-hybridized carbons (Fsp3) is 0.632. The summed E-state index contributed by atoms with van der Waals surface area (Å²) >= 11 is 6.15. The summed E-state index contributed by atoms with van der Waals surface area (Å²) < 4.78 is 42.8. The van der Waals surface area contributed by atoms with Crippen LogP contribution in [-0.4, -0.2) is 76.1 Å². The number of anilines is 3. The van der Waals surface area contributed by atoms with E-state index in [1.807, 2.05) is 4.90 Å². The standard InChI is InChI=1S/C19H24ClF2N7O2/c1-11-15-17(31-6-2-4-23-16-13(20)7-24-18(25-15)26-16)27-29(11)14-3-5-28(10-19(14,21)22)12-8-30-9-12/h7,12,14H,2-6,8-10H2,1H3,(H2,23,24,25,26). The van der Waals surface area contributed by atoms with E-state index >= 15 is 8.78 Å². The van der Waals surface area contributed by atoms with Crippen molar-refractivity contribution < 1.29 is 18.3 Å². The summed E-state index contributed by atoms with van der Waals surface area (Å²) in [6.07, 6.45) is 2.45. The van der Waals surface area contributed by atoms with Gasteiger partial charge in [-0.05, 0) is 19.8 Å². The Morgan fingerprint density at radius 3 is 2.90 bits per heavy atom. The van der Waals surface area contributed by atoms with E-state index < -0.39 is 12.0 Å². The van der Waals surface area contributed by atoms with E-state index in [1.54, 1.807) is 6.92 Å². The number of aromatic nitrogens is 4. The molecule has 3 aliphatic rings. The first-order valence-electron chi connectivity index (χ1n) is 10.4. The van der Waals surface area contributed by atoms with Gasteiger partial charge in [0.2, 0.25) is 5.95 Å². The van der Waals surface area contributed by atoms with Gasteiger partial charge in [-0.2, -0.15) is 4.98 Å². The van der Waals surface area contributed by atoms with Crippen LogP contribution in [0.2, 0.25) is 5.02 Å². The first-order chi connectivity index (χ1) is 14.9. The number of ether oxygens (including phenoxy) is 2. The van der Waals surface area contributed by atoms with Crippen molar-refractivity contribution in [3.8, 4) is 5.88 Å². The predicted molar refractivity (Wildman–Crippen MR) is 111 cm³/mol. The molecular formula is C19H24ClF2N7O2. The molecule has 2 N–H and O–H groups in total. The molecule has 2 bridgehead atoms. The van der Waals surface area contributed by atoms with Crippen molar-refractivity contribution in [2.75, 3.05) is 50.1 Å². The van der Waals surface area contributed by atoms with Crippen molar-refractivity contribution in [2.45, 2.75) is 37.8 Å². The van der Waals surface area contributed by atoms with Crippen LogP contribution < -0.4 is 15.4 Å². The molecule has 0 saturated carbocycles. The average molecular weight is 456 g/mol. The third kappa shape index (κ3) is 3.90. The third-order valence-electron chi connectivity index (χ3n) is 5.97. The lowest BCUT2D eigenvalue weighted by Gasteiger charge is -2.44. The van der Waals surface area contributed by atoms with Gasteiger partial charge in [0.15, 0.2) is 5.82 Å². The molecule has 5 heterocycles. The number of hydrogen-bond donors (Lipinski definition) is 2. The Bertz CT molecular complexity index is 969. The normalized spacial score (nSPS) is 24.1. The van der Waals surface area contributed by atoms with Crippen LogP contribution in [0, 0.1) is 6.92 Å². The minimum Gasteiger partial charge on any atom is -0.475 e. The van der Waals surface area contributed by atoms with Gasteiger partial charge in [-0.3, -0.25) is 9.58 Å². The summed E-state index contributed by atoms with van der Waals surface area (Å²) in [6, 6.07) is -0.976. The molecule has 5 rings (SSSR count). The number of halogens is 3. The van der Waals surface area contributed by atoms with Gasteiger partial charge in [-0.15, -0.1) is 5.10 Å². The van der Waals surface area contributed by atoms with E-state index in [9.17, 15) is 0 Å². The summed E-state index contributed by atoms with van der Waals surface area (Å²) in [6.45, 7) is 4.01. The van der Waals surface area contributed by atoms with Crippen molar-refractivity contribution >= 4 is 29.1 Å². The Morgan fingerprint density at radius 2 is 2.16 bits per heavy atom. The zero-order chi connectivity index (χ0) is 21.6. The Morgan fingerprint density at radius 1 is 1.32 bits per heavy atom. The van der Waals surface area contributed by atoms with E-state index in [4.69, 9.17) is 21.1 Å². The second-order valence-corrected chi connectivity index (χ2v) is 8.49. The second-order valence-electron chi connectivity index (χ2n) is 8.08. The lowest BCUT2D eigenvalue weighted by Crippen LogP contribution is -2.58. The number of piperidine rings is 1. The predicted octanol–water partition coefficient (Wildman–Crippen LogP) is 2.85. The maximum atomic E-state index is 15.2. The number of likely N-dealkylation sites (tertiary alicyclic amines) is 1. The third-order valence-corrected chi connectivity index (χ3v) is 6.25. The van der Waals surface area contributed by atoms with E-state index in [0.717, 1.165) is 0 Å². The molecule has 1 unspecified atom stereocenters. The quantitative estimate of drug-likeness (QED) is 0.714. The SMILES string of the molecule is Cc1c2c(nn1C1CCN(C3COC3)CC1(F)F)OCCCNc1nc(ncc1Cl)N2. The number of nitrogens with zero attached hydrogens (tertiary/aromatic N) is 5. The van der Waals surface area contributed by atoms with Gasteiger partial charge < -0.3 is 20.1 Å². The molecule has 3 aliphatic heterocycles. The van der Waals surface area contributed by atoms with E-state index in [0.29, 0.717) is 61.6 Å². The molecule has 0 radical (unpaired) electrons. The largest absolute Gasteiger partial charge is 0.475 e. The molecule has 168 valence electrons. The summed E-state index contributed by atoms with van der Waals surface area (Å²) in [4.78, 5) is 10.4. The lowest BCUT2D eigenvalue weighted by molar-refractivity contribution is -0.150. The zero-order valence-electron chi connectivity index (χ0n) is 17.1. The number of rotatable bonds is 2. The molecule has 2 aromatic heterocycles. The molecular weight excluding hydrogens is 432 g/mol. The van der Waals surface area contributed by atoms with Crippen molar-refractivity contribution in [1.29, 1.82) is 0 Å². The van der Waals surface area contributed by atoms with Crippen LogP contribution in [0.4, 0.5) is 26.2 Å². The first kappa shape index (κ1) is 20.7. The molecule has 12 heteroatoms. The van der Waals surface area contributed by atoms with Crippen LogP contribution in [0.25, 0.3) is 0 Å². The van der Waals surface area contributed by atoms with Crippen LogP contribution in [0.15, 0.2) is 6.20 Å². The van der Waals surface area contributed by atoms with Gasteiger partial charge in [0.05, 0.1) is 44.3 Å². The number of fused-ring (bicyclic) bond motifs is 3. The molecule has 1 atom stereocenters. The van der Waals surface area contributed by atoms with Gasteiger partial charge in [0, 0.05) is 13.1 Å². The van der Waals surface area contributed by atoms with E-state index in [2.05, 4.69) is 25.7 Å². The number of alkyl halides is 2. The van der Waals surface area contributed by atoms with Crippen molar-refractivity contribution in [2.24, 2.45) is 0 Å². The van der Waals surface area contributed by atoms with Crippen molar-refractivity contribution in [3.05, 3.63) is 16.9 Å². The van der Waals surface area contributed by atoms with Gasteiger partial charge in [0.25, 0.3) is 11.8 Å². The van der Waals surface area contributed by atoms with Crippen LogP contribution in [0.1, 0.15) is 24.6 Å². The summed E-state index contributed by atoms with van der Waals surface area (Å²) in [5, 5.41) is 11.1. The molecule has 2 fully saturated rings. The minimum atomic E-state index is -2.93. The fourth-order valence-electron chi connectivity index (χ4n) is 4.15. The Labute approximate surface area is 183 Å². The van der Waals surface area contributed by atoms with Crippen LogP contribution in [0.5, 0.6) is 5.88 Å². The van der Waals surface area contributed by atoms with E-state index in [-0.39, 0.29) is 30.8 Å². The van der Waals surface area contributed by atoms with Crippen molar-refractivity contribution in [3.63, 3.8) is 0 Å². The molecule has 0 aromatic carbocycles. The molecule has 31 heavy (non-hydrogen) atoms. The van der Waals surface area contributed by atoms with Gasteiger partial charge in [0.1, 0.15) is 16.8 Å². The Kier molecular flexibility index (Phi) is 5.35. The average Bonchev–Trinajstić information content (AvgIpc) is 2.96.